The Morgan fingerprint density at radius 2 is 2.33 bits per heavy atom. The Kier molecular flexibility index (Phi) is 1.44. The zero-order chi connectivity index (χ0) is 6.85. The van der Waals surface area contributed by atoms with Crippen LogP contribution in [0, 0.1) is 0 Å². The van der Waals surface area contributed by atoms with Gasteiger partial charge in [-0.3, -0.25) is 0 Å². The van der Waals surface area contributed by atoms with Crippen molar-refractivity contribution < 1.29 is 5.11 Å². The molecule has 0 saturated carbocycles. The first-order valence-corrected chi connectivity index (χ1v) is 2.62. The normalized spacial score (nSPS) is 13.7. The minimum Gasteiger partial charge on any atom is -0.385 e. The molecule has 5 heteroatoms. The molecule has 1 N–H and O–H groups in total. The molecule has 0 aliphatic heterocycles. The lowest BCUT2D eigenvalue weighted by atomic mass is 10.4. The van der Waals surface area contributed by atoms with E-state index in [-0.39, 0.29) is 0 Å². The van der Waals surface area contributed by atoms with E-state index in [2.05, 4.69) is 15.5 Å². The monoisotopic (exact) mass is 128 g/mol. The third-order valence-corrected chi connectivity index (χ3v) is 1.03. The molecule has 0 bridgehead atoms. The minimum absolute atomic E-state index is 0.481. The summed E-state index contributed by atoms with van der Waals surface area (Å²) in [4.78, 5) is 0. The van der Waals surface area contributed by atoms with Crippen LogP contribution in [0.1, 0.15) is 18.9 Å². The van der Waals surface area contributed by atoms with Crippen LogP contribution < -0.4 is 0 Å². The molecule has 0 aliphatic rings. The van der Waals surface area contributed by atoms with E-state index < -0.39 is 6.10 Å². The Balaban J connectivity index is 2.94. The summed E-state index contributed by atoms with van der Waals surface area (Å²) in [6, 6.07) is 0. The number of nitrogens with zero attached hydrogens (tertiary/aromatic N) is 4. The van der Waals surface area contributed by atoms with Gasteiger partial charge in [0.25, 0.3) is 0 Å². The number of tetrazole rings is 1. The standard InChI is InChI=1S/C4H8N4O/c1-3(9)4-5-6-7-8(4)2/h3,9H,1-2H3. The molecule has 1 aromatic rings. The van der Waals surface area contributed by atoms with Gasteiger partial charge in [-0.2, -0.15) is 0 Å². The van der Waals surface area contributed by atoms with Crippen LogP contribution >= 0.6 is 0 Å². The lowest BCUT2D eigenvalue weighted by Crippen LogP contribution is -2.02. The Morgan fingerprint density at radius 3 is 2.56 bits per heavy atom. The van der Waals surface area contributed by atoms with Crippen molar-refractivity contribution in [2.24, 2.45) is 7.05 Å². The predicted octanol–water partition coefficient (Wildman–Crippen LogP) is -0.737. The molecule has 1 aromatic heterocycles. The van der Waals surface area contributed by atoms with E-state index in [1.54, 1.807) is 14.0 Å². The van der Waals surface area contributed by atoms with Crippen molar-refractivity contribution in [3.05, 3.63) is 5.82 Å². The highest BCUT2D eigenvalue weighted by molar-refractivity contribution is 4.82. The lowest BCUT2D eigenvalue weighted by Gasteiger charge is -1.97. The minimum atomic E-state index is -0.593. The number of aryl methyl sites for hydroxylation is 1. The summed E-state index contributed by atoms with van der Waals surface area (Å²) in [5, 5.41) is 19.4. The fraction of sp³-hybridized carbons (Fsp3) is 0.750. The zero-order valence-electron chi connectivity index (χ0n) is 5.31. The van der Waals surface area contributed by atoms with Crippen LogP contribution in [0.3, 0.4) is 0 Å². The molecule has 0 radical (unpaired) electrons. The molecule has 5 nitrogen and oxygen atoms in total. The number of aromatic nitrogens is 4. The second-order valence-corrected chi connectivity index (χ2v) is 1.84. The average molecular weight is 128 g/mol. The molecule has 0 amide bonds. The van der Waals surface area contributed by atoms with Gasteiger partial charge in [0.05, 0.1) is 0 Å². The maximum atomic E-state index is 8.93. The first-order chi connectivity index (χ1) is 4.22. The summed E-state index contributed by atoms with van der Waals surface area (Å²) >= 11 is 0. The van der Waals surface area contributed by atoms with Crippen molar-refractivity contribution >= 4 is 0 Å². The number of hydrogen-bond donors (Lipinski definition) is 1. The number of hydrogen-bond acceptors (Lipinski definition) is 4. The van der Waals surface area contributed by atoms with Gasteiger partial charge in [0.15, 0.2) is 5.82 Å². The number of aliphatic hydroxyl groups is 1. The van der Waals surface area contributed by atoms with Crippen molar-refractivity contribution in [3.63, 3.8) is 0 Å². The van der Waals surface area contributed by atoms with Crippen LogP contribution in [-0.4, -0.2) is 25.3 Å². The Labute approximate surface area is 52.3 Å². The van der Waals surface area contributed by atoms with Crippen molar-refractivity contribution in [1.82, 2.24) is 20.2 Å². The van der Waals surface area contributed by atoms with E-state index >= 15 is 0 Å². The number of aliphatic hydroxyl groups excluding tert-OH is 1. The molecular formula is C4H8N4O. The van der Waals surface area contributed by atoms with Crippen molar-refractivity contribution in [2.45, 2.75) is 13.0 Å². The molecule has 0 spiro atoms. The lowest BCUT2D eigenvalue weighted by molar-refractivity contribution is 0.183. The number of rotatable bonds is 1. The summed E-state index contributed by atoms with van der Waals surface area (Å²) in [6.07, 6.45) is -0.593. The maximum Gasteiger partial charge on any atom is 0.179 e. The second kappa shape index (κ2) is 2.10. The van der Waals surface area contributed by atoms with Crippen LogP contribution in [-0.2, 0) is 7.05 Å². The highest BCUT2D eigenvalue weighted by atomic mass is 16.3. The first-order valence-electron chi connectivity index (χ1n) is 2.62. The van der Waals surface area contributed by atoms with Crippen molar-refractivity contribution in [1.29, 1.82) is 0 Å². The first kappa shape index (κ1) is 6.15. The van der Waals surface area contributed by atoms with Gasteiger partial charge in [0, 0.05) is 7.05 Å². The quantitative estimate of drug-likeness (QED) is 0.541. The highest BCUT2D eigenvalue weighted by Crippen LogP contribution is 2.02. The predicted molar refractivity (Wildman–Crippen MR) is 29.4 cm³/mol. The Morgan fingerprint density at radius 1 is 1.67 bits per heavy atom. The SMILES string of the molecule is CC(O)c1nnnn1C. The Hall–Kier alpha value is -0.970. The molecular weight excluding hydrogens is 120 g/mol. The smallest absolute Gasteiger partial charge is 0.179 e. The molecule has 0 aromatic carbocycles. The molecule has 1 unspecified atom stereocenters. The van der Waals surface area contributed by atoms with Crippen molar-refractivity contribution in [3.8, 4) is 0 Å². The fourth-order valence-corrected chi connectivity index (χ4v) is 0.590. The van der Waals surface area contributed by atoms with Gasteiger partial charge in [-0.1, -0.05) is 0 Å². The van der Waals surface area contributed by atoms with Crippen LogP contribution in [0.25, 0.3) is 0 Å². The van der Waals surface area contributed by atoms with E-state index in [1.165, 1.54) is 4.68 Å². The van der Waals surface area contributed by atoms with Gasteiger partial charge in [-0.25, -0.2) is 4.68 Å². The second-order valence-electron chi connectivity index (χ2n) is 1.84. The zero-order valence-corrected chi connectivity index (χ0v) is 5.31. The van der Waals surface area contributed by atoms with E-state index in [0.29, 0.717) is 5.82 Å². The summed E-state index contributed by atoms with van der Waals surface area (Å²) in [5.41, 5.74) is 0. The molecule has 1 atom stereocenters. The molecule has 0 aliphatic carbocycles. The average Bonchev–Trinajstić information content (AvgIpc) is 2.13. The van der Waals surface area contributed by atoms with Crippen LogP contribution in [0.15, 0.2) is 0 Å². The fourth-order valence-electron chi connectivity index (χ4n) is 0.590. The Bertz CT molecular complexity index is 194. The molecule has 9 heavy (non-hydrogen) atoms. The van der Waals surface area contributed by atoms with Crippen LogP contribution in [0.5, 0.6) is 0 Å². The van der Waals surface area contributed by atoms with Gasteiger partial charge in [0.2, 0.25) is 0 Å². The van der Waals surface area contributed by atoms with E-state index in [0.717, 1.165) is 0 Å². The van der Waals surface area contributed by atoms with Crippen LogP contribution in [0.4, 0.5) is 0 Å². The third-order valence-electron chi connectivity index (χ3n) is 1.03. The highest BCUT2D eigenvalue weighted by Gasteiger charge is 2.06. The maximum absolute atomic E-state index is 8.93. The third kappa shape index (κ3) is 1.05. The van der Waals surface area contributed by atoms with Gasteiger partial charge in [0.1, 0.15) is 6.10 Å². The molecule has 0 fully saturated rings. The van der Waals surface area contributed by atoms with Crippen molar-refractivity contribution in [2.75, 3.05) is 0 Å². The largest absolute Gasteiger partial charge is 0.385 e. The van der Waals surface area contributed by atoms with E-state index in [9.17, 15) is 0 Å². The topological polar surface area (TPSA) is 63.8 Å². The van der Waals surface area contributed by atoms with Gasteiger partial charge in [-0.05, 0) is 17.4 Å². The summed E-state index contributed by atoms with van der Waals surface area (Å²) < 4.78 is 1.44. The summed E-state index contributed by atoms with van der Waals surface area (Å²) in [7, 11) is 1.68. The van der Waals surface area contributed by atoms with Gasteiger partial charge < -0.3 is 5.11 Å². The van der Waals surface area contributed by atoms with Gasteiger partial charge in [-0.15, -0.1) is 5.10 Å². The van der Waals surface area contributed by atoms with E-state index in [1.807, 2.05) is 0 Å². The molecule has 1 heterocycles. The molecule has 0 saturated heterocycles. The van der Waals surface area contributed by atoms with Crippen LogP contribution in [0.2, 0.25) is 0 Å². The summed E-state index contributed by atoms with van der Waals surface area (Å²) in [5.74, 6) is 0.481. The summed E-state index contributed by atoms with van der Waals surface area (Å²) in [6.45, 7) is 1.62. The van der Waals surface area contributed by atoms with E-state index in [4.69, 9.17) is 5.11 Å². The molecule has 1 rings (SSSR count). The van der Waals surface area contributed by atoms with Gasteiger partial charge >= 0.3 is 0 Å². The molecule has 50 valence electrons.